The second kappa shape index (κ2) is 5.83. The van der Waals surface area contributed by atoms with Crippen LogP contribution in [0.1, 0.15) is 29.8 Å². The summed E-state index contributed by atoms with van der Waals surface area (Å²) in [6.07, 6.45) is 5.05. The van der Waals surface area contributed by atoms with Crippen LogP contribution < -0.4 is 5.73 Å². The number of H-pyrrole nitrogens is 1. The number of imidazole rings is 1. The van der Waals surface area contributed by atoms with Crippen molar-refractivity contribution < 1.29 is 0 Å². The molecule has 3 heteroatoms. The highest BCUT2D eigenvalue weighted by atomic mass is 14.9. The molecule has 0 aliphatic heterocycles. The van der Waals surface area contributed by atoms with Gasteiger partial charge in [0.25, 0.3) is 0 Å². The van der Waals surface area contributed by atoms with Gasteiger partial charge in [0.15, 0.2) is 0 Å². The highest BCUT2D eigenvalue weighted by molar-refractivity contribution is 5.63. The van der Waals surface area contributed by atoms with Crippen LogP contribution in [0.5, 0.6) is 0 Å². The summed E-state index contributed by atoms with van der Waals surface area (Å²) in [6, 6.07) is 6.49. The summed E-state index contributed by atoms with van der Waals surface area (Å²) in [5.74, 6) is 1.05. The van der Waals surface area contributed by atoms with Gasteiger partial charge in [0.2, 0.25) is 0 Å². The van der Waals surface area contributed by atoms with Gasteiger partial charge in [-0.05, 0) is 38.8 Å². The third-order valence-corrected chi connectivity index (χ3v) is 3.17. The summed E-state index contributed by atoms with van der Waals surface area (Å²) in [4.78, 5) is 7.83. The number of hydrogen-bond acceptors (Lipinski definition) is 2. The van der Waals surface area contributed by atoms with Gasteiger partial charge < -0.3 is 10.7 Å². The largest absolute Gasteiger partial charge is 0.342 e. The van der Waals surface area contributed by atoms with Crippen molar-refractivity contribution in [1.29, 1.82) is 0 Å². The zero-order chi connectivity index (χ0) is 13.0. The maximum Gasteiger partial charge on any atom is 0.106 e. The first-order valence-electron chi connectivity index (χ1n) is 6.52. The lowest BCUT2D eigenvalue weighted by Gasteiger charge is -2.04. The van der Waals surface area contributed by atoms with Gasteiger partial charge in [-0.3, -0.25) is 0 Å². The van der Waals surface area contributed by atoms with Gasteiger partial charge in [-0.25, -0.2) is 4.98 Å². The Morgan fingerprint density at radius 2 is 2.06 bits per heavy atom. The second-order valence-electron chi connectivity index (χ2n) is 4.81. The van der Waals surface area contributed by atoms with Crippen molar-refractivity contribution in [2.45, 2.75) is 33.1 Å². The first kappa shape index (κ1) is 12.8. The van der Waals surface area contributed by atoms with E-state index in [9.17, 15) is 0 Å². The lowest BCUT2D eigenvalue weighted by Crippen LogP contribution is -1.99. The monoisotopic (exact) mass is 243 g/mol. The number of nitrogens with zero attached hydrogens (tertiary/aromatic N) is 1. The van der Waals surface area contributed by atoms with Crippen molar-refractivity contribution in [1.82, 2.24) is 9.97 Å². The second-order valence-corrected chi connectivity index (χ2v) is 4.81. The van der Waals surface area contributed by atoms with Crippen molar-refractivity contribution in [3.05, 3.63) is 41.3 Å². The van der Waals surface area contributed by atoms with E-state index in [1.165, 1.54) is 16.7 Å². The summed E-state index contributed by atoms with van der Waals surface area (Å²) in [5.41, 5.74) is 10.4. The molecular formula is C15H21N3. The number of nitrogens with two attached hydrogens (primary N) is 1. The van der Waals surface area contributed by atoms with E-state index in [-0.39, 0.29) is 0 Å². The molecule has 0 saturated carbocycles. The number of benzene rings is 1. The lowest BCUT2D eigenvalue weighted by atomic mass is 10.0. The summed E-state index contributed by atoms with van der Waals surface area (Å²) in [6.45, 7) is 5.00. The van der Waals surface area contributed by atoms with E-state index in [4.69, 9.17) is 5.73 Å². The molecule has 3 N–H and O–H groups in total. The normalized spacial score (nSPS) is 10.8. The molecule has 0 bridgehead atoms. The molecular weight excluding hydrogens is 222 g/mol. The third kappa shape index (κ3) is 2.99. The molecule has 0 atom stereocenters. The fraction of sp³-hybridized carbons (Fsp3) is 0.400. The molecule has 0 aliphatic carbocycles. The van der Waals surface area contributed by atoms with Crippen molar-refractivity contribution in [3.63, 3.8) is 0 Å². The summed E-state index contributed by atoms with van der Waals surface area (Å²) < 4.78 is 0. The summed E-state index contributed by atoms with van der Waals surface area (Å²) in [5, 5.41) is 0. The maximum atomic E-state index is 5.49. The molecule has 2 rings (SSSR count). The quantitative estimate of drug-likeness (QED) is 0.793. The Balaban J connectivity index is 2.13. The van der Waals surface area contributed by atoms with Crippen LogP contribution in [0, 0.1) is 13.8 Å². The molecule has 1 aromatic heterocycles. The first-order valence-corrected chi connectivity index (χ1v) is 6.52. The Kier molecular flexibility index (Phi) is 4.15. The zero-order valence-electron chi connectivity index (χ0n) is 11.2. The van der Waals surface area contributed by atoms with E-state index in [1.807, 2.05) is 6.20 Å². The highest BCUT2D eigenvalue weighted by Crippen LogP contribution is 2.22. The van der Waals surface area contributed by atoms with Gasteiger partial charge in [0, 0.05) is 12.0 Å². The van der Waals surface area contributed by atoms with Gasteiger partial charge in [0.1, 0.15) is 5.82 Å². The Morgan fingerprint density at radius 1 is 1.22 bits per heavy atom. The average Bonchev–Trinajstić information content (AvgIpc) is 2.78. The van der Waals surface area contributed by atoms with E-state index in [2.05, 4.69) is 42.0 Å². The molecule has 3 nitrogen and oxygen atoms in total. The predicted octanol–water partition coefficient (Wildman–Crippen LogP) is 2.97. The molecule has 96 valence electrons. The van der Waals surface area contributed by atoms with Crippen LogP contribution in [-0.2, 0) is 6.42 Å². The molecule has 2 aromatic rings. The van der Waals surface area contributed by atoms with Crippen LogP contribution in [0.4, 0.5) is 0 Å². The molecule has 0 fully saturated rings. The smallest absolute Gasteiger partial charge is 0.106 e. The van der Waals surface area contributed by atoms with Gasteiger partial charge in [-0.15, -0.1) is 0 Å². The maximum absolute atomic E-state index is 5.49. The molecule has 0 saturated heterocycles. The lowest BCUT2D eigenvalue weighted by molar-refractivity contribution is 0.723. The molecule has 1 heterocycles. The van der Waals surface area contributed by atoms with Crippen LogP contribution in [-0.4, -0.2) is 16.5 Å². The predicted molar refractivity (Wildman–Crippen MR) is 75.5 cm³/mol. The fourth-order valence-corrected chi connectivity index (χ4v) is 2.18. The highest BCUT2D eigenvalue weighted by Gasteiger charge is 2.05. The van der Waals surface area contributed by atoms with Crippen LogP contribution in [0.25, 0.3) is 11.3 Å². The number of aromatic nitrogens is 2. The SMILES string of the molecule is Cc1ccc(-c2cnc(CCCCN)[nH]2)c(C)c1. The molecule has 0 amide bonds. The van der Waals surface area contributed by atoms with E-state index in [0.29, 0.717) is 0 Å². The minimum absolute atomic E-state index is 0.755. The standard InChI is InChI=1S/C15H21N3/c1-11-6-7-13(12(2)9-11)14-10-17-15(18-14)5-3-4-8-16/h6-7,9-10H,3-5,8,16H2,1-2H3,(H,17,18). The number of aromatic amines is 1. The van der Waals surface area contributed by atoms with Crippen molar-refractivity contribution in [2.24, 2.45) is 5.73 Å². The Labute approximate surface area is 108 Å². The number of hydrogen-bond donors (Lipinski definition) is 2. The van der Waals surface area contributed by atoms with Gasteiger partial charge >= 0.3 is 0 Å². The molecule has 0 unspecified atom stereocenters. The summed E-state index contributed by atoms with van der Waals surface area (Å²) in [7, 11) is 0. The van der Waals surface area contributed by atoms with Gasteiger partial charge in [-0.2, -0.15) is 0 Å². The van der Waals surface area contributed by atoms with Crippen molar-refractivity contribution in [2.75, 3.05) is 6.54 Å². The van der Waals surface area contributed by atoms with Crippen molar-refractivity contribution >= 4 is 0 Å². The Morgan fingerprint density at radius 3 is 2.78 bits per heavy atom. The Bertz CT molecular complexity index is 514. The van der Waals surface area contributed by atoms with E-state index in [0.717, 1.165) is 37.3 Å². The van der Waals surface area contributed by atoms with Crippen molar-refractivity contribution in [3.8, 4) is 11.3 Å². The molecule has 18 heavy (non-hydrogen) atoms. The van der Waals surface area contributed by atoms with Crippen LogP contribution >= 0.6 is 0 Å². The molecule has 0 spiro atoms. The van der Waals surface area contributed by atoms with Gasteiger partial charge in [0.05, 0.1) is 11.9 Å². The van der Waals surface area contributed by atoms with Crippen LogP contribution in [0.3, 0.4) is 0 Å². The van der Waals surface area contributed by atoms with Gasteiger partial charge in [-0.1, -0.05) is 23.8 Å². The van der Waals surface area contributed by atoms with Crippen LogP contribution in [0.15, 0.2) is 24.4 Å². The molecule has 0 aliphatic rings. The zero-order valence-corrected chi connectivity index (χ0v) is 11.2. The number of aryl methyl sites for hydroxylation is 3. The average molecular weight is 243 g/mol. The summed E-state index contributed by atoms with van der Waals surface area (Å²) >= 11 is 0. The Hall–Kier alpha value is -1.61. The molecule has 1 aromatic carbocycles. The number of nitrogens with one attached hydrogen (secondary N) is 1. The first-order chi connectivity index (χ1) is 8.70. The number of rotatable bonds is 5. The van der Waals surface area contributed by atoms with E-state index in [1.54, 1.807) is 0 Å². The van der Waals surface area contributed by atoms with Crippen LogP contribution in [0.2, 0.25) is 0 Å². The topological polar surface area (TPSA) is 54.7 Å². The number of unbranched alkanes of at least 4 members (excludes halogenated alkanes) is 1. The minimum Gasteiger partial charge on any atom is -0.342 e. The molecule has 0 radical (unpaired) electrons. The minimum atomic E-state index is 0.755. The van der Waals surface area contributed by atoms with E-state index >= 15 is 0 Å². The third-order valence-electron chi connectivity index (χ3n) is 3.17. The fourth-order valence-electron chi connectivity index (χ4n) is 2.18. The van der Waals surface area contributed by atoms with E-state index < -0.39 is 0 Å².